The first-order valence-corrected chi connectivity index (χ1v) is 4.92. The maximum atomic E-state index is 12.7. The largest absolute Gasteiger partial charge is 0.395 e. The molecular weight excluding hydrogens is 181 g/mol. The Hall–Kier alpha value is -0.930. The van der Waals surface area contributed by atoms with E-state index in [-0.39, 0.29) is 24.5 Å². The maximum Gasteiger partial charge on any atom is 0.123 e. The molecule has 1 aromatic rings. The summed E-state index contributed by atoms with van der Waals surface area (Å²) in [6, 6.07) is 7.02. The van der Waals surface area contributed by atoms with Gasteiger partial charge in [-0.3, -0.25) is 0 Å². The molecule has 1 fully saturated rings. The molecule has 0 amide bonds. The van der Waals surface area contributed by atoms with Crippen molar-refractivity contribution in [3.63, 3.8) is 0 Å². The topological polar surface area (TPSA) is 32.3 Å². The molecule has 0 aliphatic carbocycles. The molecule has 0 aromatic heterocycles. The van der Waals surface area contributed by atoms with Crippen molar-refractivity contribution in [2.45, 2.75) is 24.9 Å². The molecule has 1 aliphatic rings. The molecule has 0 unspecified atom stereocenters. The van der Waals surface area contributed by atoms with E-state index in [9.17, 15) is 4.39 Å². The molecule has 2 rings (SSSR count). The molecule has 0 radical (unpaired) electrons. The third-order valence-electron chi connectivity index (χ3n) is 2.73. The van der Waals surface area contributed by atoms with Gasteiger partial charge >= 0.3 is 0 Å². The van der Waals surface area contributed by atoms with Crippen molar-refractivity contribution < 1.29 is 9.50 Å². The van der Waals surface area contributed by atoms with Gasteiger partial charge in [-0.15, -0.1) is 0 Å². The molecule has 2 nitrogen and oxygen atoms in total. The molecule has 1 aromatic carbocycles. The van der Waals surface area contributed by atoms with Crippen LogP contribution in [0.1, 0.15) is 24.4 Å². The smallest absolute Gasteiger partial charge is 0.123 e. The van der Waals surface area contributed by atoms with Gasteiger partial charge in [-0.2, -0.15) is 0 Å². The number of hydrogen-bond acceptors (Lipinski definition) is 2. The number of nitrogens with one attached hydrogen (secondary N) is 1. The zero-order valence-electron chi connectivity index (χ0n) is 7.91. The molecule has 2 N–H and O–H groups in total. The highest BCUT2D eigenvalue weighted by molar-refractivity contribution is 5.21. The van der Waals surface area contributed by atoms with Gasteiger partial charge in [0, 0.05) is 12.1 Å². The first-order valence-electron chi connectivity index (χ1n) is 4.92. The lowest BCUT2D eigenvalue weighted by Gasteiger charge is -2.12. The second-order valence-corrected chi connectivity index (χ2v) is 3.73. The number of rotatable bonds is 2. The highest BCUT2D eigenvalue weighted by Crippen LogP contribution is 2.26. The van der Waals surface area contributed by atoms with Crippen LogP contribution in [0, 0.1) is 5.82 Å². The van der Waals surface area contributed by atoms with Crippen molar-refractivity contribution in [1.29, 1.82) is 0 Å². The Balaban J connectivity index is 2.06. The molecule has 76 valence electrons. The van der Waals surface area contributed by atoms with Crippen LogP contribution >= 0.6 is 0 Å². The average molecular weight is 195 g/mol. The van der Waals surface area contributed by atoms with Crippen molar-refractivity contribution in [1.82, 2.24) is 5.32 Å². The number of aliphatic hydroxyl groups excluding tert-OH is 1. The fourth-order valence-electron chi connectivity index (χ4n) is 1.92. The zero-order chi connectivity index (χ0) is 9.97. The van der Waals surface area contributed by atoms with E-state index in [2.05, 4.69) is 5.32 Å². The van der Waals surface area contributed by atoms with Crippen LogP contribution in [0.4, 0.5) is 4.39 Å². The lowest BCUT2D eigenvalue weighted by Crippen LogP contribution is -2.27. The van der Waals surface area contributed by atoms with Crippen LogP contribution in [0.15, 0.2) is 24.3 Å². The van der Waals surface area contributed by atoms with Gasteiger partial charge in [0.25, 0.3) is 0 Å². The summed E-state index contributed by atoms with van der Waals surface area (Å²) in [7, 11) is 0. The van der Waals surface area contributed by atoms with Crippen molar-refractivity contribution in [3.8, 4) is 0 Å². The Bertz CT molecular complexity index is 299. The van der Waals surface area contributed by atoms with E-state index in [0.717, 1.165) is 18.4 Å². The molecular formula is C11H14FNO. The minimum Gasteiger partial charge on any atom is -0.395 e. The maximum absolute atomic E-state index is 12.7. The Morgan fingerprint density at radius 3 is 2.57 bits per heavy atom. The zero-order valence-corrected chi connectivity index (χ0v) is 7.91. The van der Waals surface area contributed by atoms with Gasteiger partial charge in [-0.05, 0) is 30.5 Å². The normalized spacial score (nSPS) is 26.7. The third-order valence-corrected chi connectivity index (χ3v) is 2.73. The fraction of sp³-hybridized carbons (Fsp3) is 0.455. The predicted octanol–water partition coefficient (Wildman–Crippen LogP) is 1.61. The van der Waals surface area contributed by atoms with E-state index >= 15 is 0 Å². The summed E-state index contributed by atoms with van der Waals surface area (Å²) in [5.74, 6) is -0.203. The minimum absolute atomic E-state index is 0.178. The monoisotopic (exact) mass is 195 g/mol. The van der Waals surface area contributed by atoms with E-state index in [4.69, 9.17) is 5.11 Å². The molecule has 1 saturated heterocycles. The first-order chi connectivity index (χ1) is 6.79. The second kappa shape index (κ2) is 4.07. The molecule has 0 spiro atoms. The molecule has 2 atom stereocenters. The molecule has 14 heavy (non-hydrogen) atoms. The van der Waals surface area contributed by atoms with Crippen LogP contribution in [-0.4, -0.2) is 17.8 Å². The van der Waals surface area contributed by atoms with Crippen LogP contribution in [0.25, 0.3) is 0 Å². The second-order valence-electron chi connectivity index (χ2n) is 3.73. The van der Waals surface area contributed by atoms with Gasteiger partial charge in [-0.1, -0.05) is 12.1 Å². The van der Waals surface area contributed by atoms with Crippen LogP contribution in [0.5, 0.6) is 0 Å². The van der Waals surface area contributed by atoms with Crippen LogP contribution in [0.3, 0.4) is 0 Å². The average Bonchev–Trinajstić information content (AvgIpc) is 2.67. The van der Waals surface area contributed by atoms with E-state index < -0.39 is 0 Å². The summed E-state index contributed by atoms with van der Waals surface area (Å²) >= 11 is 0. The molecule has 1 heterocycles. The quantitative estimate of drug-likeness (QED) is 0.751. The Morgan fingerprint density at radius 1 is 1.29 bits per heavy atom. The van der Waals surface area contributed by atoms with Crippen LogP contribution in [0.2, 0.25) is 0 Å². The predicted molar refractivity (Wildman–Crippen MR) is 52.4 cm³/mol. The lowest BCUT2D eigenvalue weighted by molar-refractivity contribution is 0.251. The van der Waals surface area contributed by atoms with Gasteiger partial charge < -0.3 is 10.4 Å². The standard InChI is InChI=1S/C11H14FNO/c12-9-3-1-8(2-4-9)11-6-5-10(7-14)13-11/h1-4,10-11,13-14H,5-7H2/t10-,11+/m0/s1. The Kier molecular flexibility index (Phi) is 2.79. The highest BCUT2D eigenvalue weighted by Gasteiger charge is 2.23. The SMILES string of the molecule is OC[C@@H]1CC[C@H](c2ccc(F)cc2)N1. The number of aliphatic hydroxyl groups is 1. The van der Waals surface area contributed by atoms with Gasteiger partial charge in [-0.25, -0.2) is 4.39 Å². The molecule has 1 aliphatic heterocycles. The van der Waals surface area contributed by atoms with E-state index in [0.29, 0.717) is 0 Å². The summed E-state index contributed by atoms with van der Waals surface area (Å²) in [5.41, 5.74) is 1.10. The van der Waals surface area contributed by atoms with Crippen molar-refractivity contribution in [2.24, 2.45) is 0 Å². The van der Waals surface area contributed by atoms with Crippen molar-refractivity contribution in [3.05, 3.63) is 35.6 Å². The Labute approximate surface area is 82.8 Å². The number of halogens is 1. The summed E-state index contributed by atoms with van der Waals surface area (Å²) in [5, 5.41) is 12.3. The van der Waals surface area contributed by atoms with Crippen molar-refractivity contribution in [2.75, 3.05) is 6.61 Å². The number of benzene rings is 1. The van der Waals surface area contributed by atoms with Crippen LogP contribution < -0.4 is 5.32 Å². The fourth-order valence-corrected chi connectivity index (χ4v) is 1.92. The molecule has 3 heteroatoms. The summed E-state index contributed by atoms with van der Waals surface area (Å²) < 4.78 is 12.7. The number of hydrogen-bond donors (Lipinski definition) is 2. The van der Waals surface area contributed by atoms with E-state index in [1.165, 1.54) is 12.1 Å². The third kappa shape index (κ3) is 1.94. The first kappa shape index (κ1) is 9.62. The van der Waals surface area contributed by atoms with E-state index in [1.54, 1.807) is 12.1 Å². The van der Waals surface area contributed by atoms with E-state index in [1.807, 2.05) is 0 Å². The Morgan fingerprint density at radius 2 is 2.00 bits per heavy atom. The van der Waals surface area contributed by atoms with Crippen molar-refractivity contribution >= 4 is 0 Å². The van der Waals surface area contributed by atoms with Gasteiger partial charge in [0.05, 0.1) is 6.61 Å². The molecule has 0 saturated carbocycles. The summed E-state index contributed by atoms with van der Waals surface area (Å²) in [6.45, 7) is 0.178. The minimum atomic E-state index is -0.203. The highest BCUT2D eigenvalue weighted by atomic mass is 19.1. The van der Waals surface area contributed by atoms with Gasteiger partial charge in [0.15, 0.2) is 0 Å². The van der Waals surface area contributed by atoms with Gasteiger partial charge in [0.2, 0.25) is 0 Å². The lowest BCUT2D eigenvalue weighted by atomic mass is 10.1. The summed E-state index contributed by atoms with van der Waals surface area (Å²) in [6.07, 6.45) is 2.00. The van der Waals surface area contributed by atoms with Crippen LogP contribution in [-0.2, 0) is 0 Å². The summed E-state index contributed by atoms with van der Waals surface area (Å²) in [4.78, 5) is 0. The van der Waals surface area contributed by atoms with Gasteiger partial charge in [0.1, 0.15) is 5.82 Å². The molecule has 0 bridgehead atoms.